The third-order valence-electron chi connectivity index (χ3n) is 5.40. The molecule has 2 N–H and O–H groups in total. The first-order chi connectivity index (χ1) is 14.5. The van der Waals surface area contributed by atoms with Crippen LogP contribution in [0.4, 0.5) is 24.1 Å². The lowest BCUT2D eigenvalue weighted by molar-refractivity contribution is 0.187. The minimum absolute atomic E-state index is 0.117. The smallest absolute Gasteiger partial charge is 0.334 e. The van der Waals surface area contributed by atoms with Gasteiger partial charge < -0.3 is 10.6 Å². The number of fused-ring (bicyclic) bond motifs is 1. The molecule has 4 rings (SSSR count). The Balaban J connectivity index is 1.65. The van der Waals surface area contributed by atoms with Gasteiger partial charge in [0.05, 0.1) is 6.54 Å². The number of halogens is 2. The molecule has 2 heterocycles. The number of para-hydroxylation sites is 1. The summed E-state index contributed by atoms with van der Waals surface area (Å²) in [7, 11) is 0. The Morgan fingerprint density at radius 1 is 1.20 bits per heavy atom. The summed E-state index contributed by atoms with van der Waals surface area (Å²) < 4.78 is 27.8. The van der Waals surface area contributed by atoms with Gasteiger partial charge in [-0.1, -0.05) is 25.0 Å². The quantitative estimate of drug-likeness (QED) is 0.795. The summed E-state index contributed by atoms with van der Waals surface area (Å²) in [4.78, 5) is 34.9. The minimum atomic E-state index is -0.927. The summed E-state index contributed by atoms with van der Waals surface area (Å²) in [5.74, 6) is -1.63. The Morgan fingerprint density at radius 3 is 2.70 bits per heavy atom. The molecule has 2 atom stereocenters. The van der Waals surface area contributed by atoms with E-state index in [2.05, 4.69) is 20.6 Å². The predicted octanol–water partition coefficient (Wildman–Crippen LogP) is 4.07. The lowest BCUT2D eigenvalue weighted by atomic mass is 9.82. The summed E-state index contributed by atoms with van der Waals surface area (Å²) in [6.07, 6.45) is 6.73. The number of benzene rings is 1. The van der Waals surface area contributed by atoms with Crippen LogP contribution < -0.4 is 10.6 Å². The maximum atomic E-state index is 13.9. The molecule has 1 aromatic heterocycles. The van der Waals surface area contributed by atoms with Crippen molar-refractivity contribution in [2.45, 2.75) is 38.3 Å². The molecule has 2 aromatic rings. The van der Waals surface area contributed by atoms with Crippen LogP contribution in [-0.4, -0.2) is 33.8 Å². The molecule has 2 unspecified atom stereocenters. The highest BCUT2D eigenvalue weighted by molar-refractivity contribution is 6.08. The molecule has 0 spiro atoms. The standard InChI is InChI=1S/C21H21F2N5O2/c22-15-7-3-8-16(23)18(15)26-20(29)27-19-14-6-1-2-9-17(14)25-21(30)28(19)12-13-5-4-10-24-11-13/h3-5,7-8,10-11,14,17H,1-2,6,9,12H2,(H,25,30)(H,26,29)/b27-19+. The van der Waals surface area contributed by atoms with Crippen LogP contribution in [0.15, 0.2) is 47.7 Å². The summed E-state index contributed by atoms with van der Waals surface area (Å²) in [5, 5.41) is 5.17. The molecule has 4 amide bonds. The predicted molar refractivity (Wildman–Crippen MR) is 107 cm³/mol. The van der Waals surface area contributed by atoms with Crippen molar-refractivity contribution < 1.29 is 18.4 Å². The molecule has 30 heavy (non-hydrogen) atoms. The van der Waals surface area contributed by atoms with Gasteiger partial charge in [-0.15, -0.1) is 0 Å². The van der Waals surface area contributed by atoms with E-state index < -0.39 is 23.4 Å². The number of nitrogens with zero attached hydrogens (tertiary/aromatic N) is 3. The van der Waals surface area contributed by atoms with Gasteiger partial charge in [0, 0.05) is 24.4 Å². The average Bonchev–Trinajstić information content (AvgIpc) is 2.74. The van der Waals surface area contributed by atoms with Gasteiger partial charge in [-0.2, -0.15) is 4.99 Å². The van der Waals surface area contributed by atoms with E-state index in [0.29, 0.717) is 5.84 Å². The molecule has 0 bridgehead atoms. The van der Waals surface area contributed by atoms with Gasteiger partial charge in [0.1, 0.15) is 23.2 Å². The van der Waals surface area contributed by atoms with E-state index in [9.17, 15) is 18.4 Å². The van der Waals surface area contributed by atoms with Crippen LogP contribution in [-0.2, 0) is 6.54 Å². The molecule has 1 aliphatic carbocycles. The van der Waals surface area contributed by atoms with Crippen molar-refractivity contribution in [2.24, 2.45) is 10.9 Å². The van der Waals surface area contributed by atoms with Crippen LogP contribution >= 0.6 is 0 Å². The van der Waals surface area contributed by atoms with E-state index in [1.165, 1.54) is 11.0 Å². The number of hydrogen-bond donors (Lipinski definition) is 2. The van der Waals surface area contributed by atoms with E-state index in [1.54, 1.807) is 18.5 Å². The van der Waals surface area contributed by atoms with E-state index in [-0.39, 0.29) is 24.5 Å². The fraction of sp³-hybridized carbons (Fsp3) is 0.333. The van der Waals surface area contributed by atoms with Crippen LogP contribution in [0.5, 0.6) is 0 Å². The van der Waals surface area contributed by atoms with Crippen molar-refractivity contribution in [3.05, 3.63) is 59.9 Å². The maximum Gasteiger partial charge on any atom is 0.347 e. The summed E-state index contributed by atoms with van der Waals surface area (Å²) >= 11 is 0. The molecule has 1 aliphatic heterocycles. The third-order valence-corrected chi connectivity index (χ3v) is 5.40. The number of carbonyl (C=O) groups is 2. The third kappa shape index (κ3) is 4.14. The monoisotopic (exact) mass is 413 g/mol. The van der Waals surface area contributed by atoms with Crippen LogP contribution in [0.1, 0.15) is 31.2 Å². The zero-order chi connectivity index (χ0) is 21.1. The van der Waals surface area contributed by atoms with E-state index >= 15 is 0 Å². The largest absolute Gasteiger partial charge is 0.347 e. The van der Waals surface area contributed by atoms with Crippen LogP contribution in [0, 0.1) is 17.6 Å². The first-order valence-corrected chi connectivity index (χ1v) is 9.83. The number of amidine groups is 1. The zero-order valence-corrected chi connectivity index (χ0v) is 16.1. The van der Waals surface area contributed by atoms with E-state index in [1.807, 2.05) is 6.07 Å². The fourth-order valence-electron chi connectivity index (χ4n) is 3.98. The molecule has 2 aliphatic rings. The van der Waals surface area contributed by atoms with Crippen molar-refractivity contribution in [1.82, 2.24) is 15.2 Å². The molecule has 2 fully saturated rings. The van der Waals surface area contributed by atoms with Gasteiger partial charge in [0.15, 0.2) is 0 Å². The van der Waals surface area contributed by atoms with Crippen LogP contribution in [0.3, 0.4) is 0 Å². The number of aromatic nitrogens is 1. The van der Waals surface area contributed by atoms with Crippen molar-refractivity contribution in [2.75, 3.05) is 5.32 Å². The first kappa shape index (κ1) is 19.9. The summed E-state index contributed by atoms with van der Waals surface area (Å²) in [6, 6.07) is 5.48. The molecule has 0 radical (unpaired) electrons. The van der Waals surface area contributed by atoms with E-state index in [0.717, 1.165) is 43.4 Å². The SMILES string of the molecule is O=C(/N=C1\C2CCCCC2NC(=O)N1Cc1cccnc1)Nc1c(F)cccc1F. The number of hydrogen-bond acceptors (Lipinski definition) is 3. The molecule has 156 valence electrons. The number of rotatable bonds is 3. The Bertz CT molecular complexity index is 962. The second-order valence-electron chi connectivity index (χ2n) is 7.39. The normalized spacial score (nSPS) is 22.4. The highest BCUT2D eigenvalue weighted by atomic mass is 19.1. The summed E-state index contributed by atoms with van der Waals surface area (Å²) in [6.45, 7) is 0.184. The van der Waals surface area contributed by atoms with Crippen LogP contribution in [0.2, 0.25) is 0 Å². The second-order valence-corrected chi connectivity index (χ2v) is 7.39. The molecular formula is C21H21F2N5O2. The van der Waals surface area contributed by atoms with Crippen molar-refractivity contribution >= 4 is 23.6 Å². The average molecular weight is 413 g/mol. The maximum absolute atomic E-state index is 13.9. The molecule has 9 heteroatoms. The van der Waals surface area contributed by atoms with Crippen LogP contribution in [0.25, 0.3) is 0 Å². The van der Waals surface area contributed by atoms with Gasteiger partial charge in [0.25, 0.3) is 0 Å². The Labute approximate surface area is 172 Å². The highest BCUT2D eigenvalue weighted by Gasteiger charge is 2.40. The molecule has 1 aromatic carbocycles. The van der Waals surface area contributed by atoms with Gasteiger partial charge in [-0.25, -0.2) is 18.4 Å². The first-order valence-electron chi connectivity index (χ1n) is 9.83. The molecule has 1 saturated carbocycles. The Kier molecular flexibility index (Phi) is 5.69. The van der Waals surface area contributed by atoms with E-state index in [4.69, 9.17) is 0 Å². The summed E-state index contributed by atoms with van der Waals surface area (Å²) in [5.41, 5.74) is 0.210. The second kappa shape index (κ2) is 8.56. The number of aliphatic imine (C=N–C) groups is 1. The number of pyridine rings is 1. The van der Waals surface area contributed by atoms with Gasteiger partial charge in [-0.05, 0) is 36.6 Å². The lowest BCUT2D eigenvalue weighted by Gasteiger charge is -2.42. The Hall–Kier alpha value is -3.36. The molecule has 7 nitrogen and oxygen atoms in total. The number of nitrogens with one attached hydrogen (secondary N) is 2. The minimum Gasteiger partial charge on any atom is -0.334 e. The topological polar surface area (TPSA) is 86.7 Å². The molecule has 1 saturated heterocycles. The Morgan fingerprint density at radius 2 is 1.97 bits per heavy atom. The van der Waals surface area contributed by atoms with Crippen molar-refractivity contribution in [1.29, 1.82) is 0 Å². The lowest BCUT2D eigenvalue weighted by Crippen LogP contribution is -2.60. The van der Waals surface area contributed by atoms with Crippen molar-refractivity contribution in [3.8, 4) is 0 Å². The number of carbonyl (C=O) groups excluding carboxylic acids is 2. The van der Waals surface area contributed by atoms with Gasteiger partial charge >= 0.3 is 12.1 Å². The zero-order valence-electron chi connectivity index (χ0n) is 16.1. The van der Waals surface area contributed by atoms with Gasteiger partial charge in [-0.3, -0.25) is 9.88 Å². The number of amides is 4. The number of urea groups is 2. The fourth-order valence-corrected chi connectivity index (χ4v) is 3.98. The van der Waals surface area contributed by atoms with Gasteiger partial charge in [0.2, 0.25) is 0 Å². The number of anilines is 1. The highest BCUT2D eigenvalue weighted by Crippen LogP contribution is 2.31. The molecular weight excluding hydrogens is 392 g/mol. The van der Waals surface area contributed by atoms with Crippen molar-refractivity contribution in [3.63, 3.8) is 0 Å².